The quantitative estimate of drug-likeness (QED) is 0.773. The van der Waals surface area contributed by atoms with E-state index in [1.165, 1.54) is 17.1 Å². The van der Waals surface area contributed by atoms with Gasteiger partial charge in [-0.15, -0.1) is 0 Å². The van der Waals surface area contributed by atoms with Gasteiger partial charge in [0.2, 0.25) is 0 Å². The average molecular weight is 268 g/mol. The van der Waals surface area contributed by atoms with Gasteiger partial charge in [-0.2, -0.15) is 0 Å². The van der Waals surface area contributed by atoms with E-state index < -0.39 is 0 Å². The molecule has 0 aliphatic rings. The molecule has 0 fully saturated rings. The van der Waals surface area contributed by atoms with Gasteiger partial charge < -0.3 is 10.3 Å². The molecule has 0 amide bonds. The fourth-order valence-electron chi connectivity index (χ4n) is 2.67. The SMILES string of the molecule is Cc1cc2ccccc2n1Cc1cc(F)ccc1CN. The van der Waals surface area contributed by atoms with Gasteiger partial charge in [-0.25, -0.2) is 4.39 Å². The molecule has 3 rings (SSSR count). The number of hydrogen-bond acceptors (Lipinski definition) is 1. The zero-order chi connectivity index (χ0) is 14.1. The van der Waals surface area contributed by atoms with E-state index in [9.17, 15) is 4.39 Å². The van der Waals surface area contributed by atoms with Crippen LogP contribution >= 0.6 is 0 Å². The van der Waals surface area contributed by atoms with Crippen LogP contribution in [0.25, 0.3) is 10.9 Å². The second-order valence-electron chi connectivity index (χ2n) is 5.05. The van der Waals surface area contributed by atoms with Crippen molar-refractivity contribution in [2.24, 2.45) is 5.73 Å². The van der Waals surface area contributed by atoms with Crippen molar-refractivity contribution in [2.75, 3.05) is 0 Å². The van der Waals surface area contributed by atoms with Gasteiger partial charge in [0.1, 0.15) is 5.82 Å². The summed E-state index contributed by atoms with van der Waals surface area (Å²) in [5, 5.41) is 1.20. The highest BCUT2D eigenvalue weighted by Crippen LogP contribution is 2.22. The highest BCUT2D eigenvalue weighted by molar-refractivity contribution is 5.81. The lowest BCUT2D eigenvalue weighted by atomic mass is 10.1. The molecule has 20 heavy (non-hydrogen) atoms. The molecule has 3 heteroatoms. The molecule has 0 bridgehead atoms. The first-order chi connectivity index (χ1) is 9.69. The number of nitrogens with two attached hydrogens (primary N) is 1. The Bertz CT molecular complexity index is 759. The Hall–Kier alpha value is -2.13. The van der Waals surface area contributed by atoms with E-state index in [0.717, 1.165) is 16.6 Å². The monoisotopic (exact) mass is 268 g/mol. The van der Waals surface area contributed by atoms with E-state index >= 15 is 0 Å². The third-order valence-electron chi connectivity index (χ3n) is 3.73. The van der Waals surface area contributed by atoms with Crippen molar-refractivity contribution in [1.82, 2.24) is 4.57 Å². The Morgan fingerprint density at radius 1 is 1.05 bits per heavy atom. The first-order valence-corrected chi connectivity index (χ1v) is 6.71. The summed E-state index contributed by atoms with van der Waals surface area (Å²) in [5.41, 5.74) is 10.0. The predicted octanol–water partition coefficient (Wildman–Crippen LogP) is 3.60. The summed E-state index contributed by atoms with van der Waals surface area (Å²) >= 11 is 0. The van der Waals surface area contributed by atoms with Gasteiger partial charge in [-0.3, -0.25) is 0 Å². The van der Waals surface area contributed by atoms with E-state index in [4.69, 9.17) is 5.73 Å². The van der Waals surface area contributed by atoms with Crippen LogP contribution in [-0.2, 0) is 13.1 Å². The van der Waals surface area contributed by atoms with Crippen molar-refractivity contribution < 1.29 is 4.39 Å². The zero-order valence-corrected chi connectivity index (χ0v) is 11.4. The second kappa shape index (κ2) is 5.10. The standard InChI is InChI=1S/C17H17FN2/c1-12-8-13-4-2-3-5-17(13)20(12)11-15-9-16(18)7-6-14(15)10-19/h2-9H,10-11,19H2,1H3. The highest BCUT2D eigenvalue weighted by atomic mass is 19.1. The number of halogens is 1. The van der Waals surface area contributed by atoms with Crippen molar-refractivity contribution >= 4 is 10.9 Å². The van der Waals surface area contributed by atoms with E-state index in [1.54, 1.807) is 12.1 Å². The molecule has 2 nitrogen and oxygen atoms in total. The van der Waals surface area contributed by atoms with Crippen molar-refractivity contribution in [3.8, 4) is 0 Å². The van der Waals surface area contributed by atoms with Gasteiger partial charge in [-0.05, 0) is 47.7 Å². The molecule has 0 saturated carbocycles. The topological polar surface area (TPSA) is 30.9 Å². The smallest absolute Gasteiger partial charge is 0.123 e. The van der Waals surface area contributed by atoms with E-state index in [-0.39, 0.29) is 5.82 Å². The van der Waals surface area contributed by atoms with Crippen LogP contribution in [0.4, 0.5) is 4.39 Å². The van der Waals surface area contributed by atoms with Gasteiger partial charge in [0, 0.05) is 24.3 Å². The Morgan fingerprint density at radius 2 is 1.85 bits per heavy atom. The second-order valence-corrected chi connectivity index (χ2v) is 5.05. The lowest BCUT2D eigenvalue weighted by Gasteiger charge is -2.12. The first-order valence-electron chi connectivity index (χ1n) is 6.71. The van der Waals surface area contributed by atoms with Crippen LogP contribution in [-0.4, -0.2) is 4.57 Å². The maximum atomic E-state index is 13.5. The fourth-order valence-corrected chi connectivity index (χ4v) is 2.67. The molecule has 0 aliphatic heterocycles. The number of nitrogens with zero attached hydrogens (tertiary/aromatic N) is 1. The van der Waals surface area contributed by atoms with Gasteiger partial charge in [-0.1, -0.05) is 24.3 Å². The number of hydrogen-bond donors (Lipinski definition) is 1. The third kappa shape index (κ3) is 2.21. The molecule has 2 N–H and O–H groups in total. The molecule has 0 saturated heterocycles. The molecule has 0 unspecified atom stereocenters. The molecule has 0 atom stereocenters. The van der Waals surface area contributed by atoms with E-state index in [1.807, 2.05) is 12.1 Å². The van der Waals surface area contributed by atoms with Gasteiger partial charge in [0.15, 0.2) is 0 Å². The third-order valence-corrected chi connectivity index (χ3v) is 3.73. The van der Waals surface area contributed by atoms with Gasteiger partial charge in [0.05, 0.1) is 0 Å². The molecule has 2 aromatic carbocycles. The Morgan fingerprint density at radius 3 is 2.65 bits per heavy atom. The molecule has 1 aromatic heterocycles. The van der Waals surface area contributed by atoms with Crippen LogP contribution in [0.15, 0.2) is 48.5 Å². The summed E-state index contributed by atoms with van der Waals surface area (Å²) in [6.07, 6.45) is 0. The number of benzene rings is 2. The Labute approximate surface area is 117 Å². The van der Waals surface area contributed by atoms with Crippen LogP contribution in [0.3, 0.4) is 0 Å². The number of aromatic nitrogens is 1. The largest absolute Gasteiger partial charge is 0.340 e. The average Bonchev–Trinajstić information content (AvgIpc) is 2.76. The van der Waals surface area contributed by atoms with Crippen molar-refractivity contribution in [2.45, 2.75) is 20.0 Å². The van der Waals surface area contributed by atoms with E-state index in [0.29, 0.717) is 13.1 Å². The van der Waals surface area contributed by atoms with Crippen molar-refractivity contribution in [1.29, 1.82) is 0 Å². The number of fused-ring (bicyclic) bond motifs is 1. The normalized spacial score (nSPS) is 11.2. The van der Waals surface area contributed by atoms with Crippen LogP contribution < -0.4 is 5.73 Å². The van der Waals surface area contributed by atoms with Crippen LogP contribution in [0, 0.1) is 12.7 Å². The van der Waals surface area contributed by atoms with Crippen LogP contribution in [0.2, 0.25) is 0 Å². The molecular weight excluding hydrogens is 251 g/mol. The first kappa shape index (κ1) is 12.9. The molecule has 102 valence electrons. The molecular formula is C17H17FN2. The maximum absolute atomic E-state index is 13.5. The minimum atomic E-state index is -0.216. The molecule has 1 heterocycles. The van der Waals surface area contributed by atoms with E-state index in [2.05, 4.69) is 29.7 Å². The number of aryl methyl sites for hydroxylation is 1. The maximum Gasteiger partial charge on any atom is 0.123 e. The molecule has 0 radical (unpaired) electrons. The minimum absolute atomic E-state index is 0.216. The summed E-state index contributed by atoms with van der Waals surface area (Å²) in [4.78, 5) is 0. The van der Waals surface area contributed by atoms with Crippen molar-refractivity contribution in [3.63, 3.8) is 0 Å². The Balaban J connectivity index is 2.09. The number of para-hydroxylation sites is 1. The highest BCUT2D eigenvalue weighted by Gasteiger charge is 2.09. The van der Waals surface area contributed by atoms with Crippen LogP contribution in [0.1, 0.15) is 16.8 Å². The fraction of sp³-hybridized carbons (Fsp3) is 0.176. The summed E-state index contributed by atoms with van der Waals surface area (Å²) in [7, 11) is 0. The Kier molecular flexibility index (Phi) is 3.28. The summed E-state index contributed by atoms with van der Waals surface area (Å²) in [6, 6.07) is 15.2. The molecule has 0 aliphatic carbocycles. The summed E-state index contributed by atoms with van der Waals surface area (Å²) in [6.45, 7) is 3.14. The van der Waals surface area contributed by atoms with Gasteiger partial charge >= 0.3 is 0 Å². The van der Waals surface area contributed by atoms with Gasteiger partial charge in [0.25, 0.3) is 0 Å². The zero-order valence-electron chi connectivity index (χ0n) is 11.4. The minimum Gasteiger partial charge on any atom is -0.340 e. The van der Waals surface area contributed by atoms with Crippen molar-refractivity contribution in [3.05, 3.63) is 71.2 Å². The summed E-state index contributed by atoms with van der Waals surface area (Å²) < 4.78 is 15.7. The lowest BCUT2D eigenvalue weighted by molar-refractivity contribution is 0.622. The molecule has 0 spiro atoms. The van der Waals surface area contributed by atoms with Crippen LogP contribution in [0.5, 0.6) is 0 Å². The number of rotatable bonds is 3. The predicted molar refractivity (Wildman–Crippen MR) is 80.1 cm³/mol. The molecule has 3 aromatic rings. The summed E-state index contributed by atoms with van der Waals surface area (Å²) in [5.74, 6) is -0.216. The lowest BCUT2D eigenvalue weighted by Crippen LogP contribution is -2.07.